The van der Waals surface area contributed by atoms with Gasteiger partial charge in [0.15, 0.2) is 5.82 Å². The van der Waals surface area contributed by atoms with E-state index in [2.05, 4.69) is 12.1 Å². The van der Waals surface area contributed by atoms with Crippen molar-refractivity contribution in [2.45, 2.75) is 13.1 Å². The van der Waals surface area contributed by atoms with E-state index in [1.165, 1.54) is 0 Å². The molecule has 0 aliphatic carbocycles. The molecule has 3 aromatic rings. The first-order chi connectivity index (χ1) is 15.9. The van der Waals surface area contributed by atoms with Crippen molar-refractivity contribution in [3.63, 3.8) is 0 Å². The van der Waals surface area contributed by atoms with Crippen molar-refractivity contribution in [2.75, 3.05) is 38.1 Å². The number of ether oxygens (including phenoxy) is 2. The Hall–Kier alpha value is -4.23. The van der Waals surface area contributed by atoms with Crippen molar-refractivity contribution in [1.29, 1.82) is 10.5 Å². The minimum absolute atomic E-state index is 0.345. The van der Waals surface area contributed by atoms with Crippen LogP contribution in [0.5, 0.6) is 11.5 Å². The van der Waals surface area contributed by atoms with E-state index in [0.717, 1.165) is 11.1 Å². The molecule has 0 N–H and O–H groups in total. The summed E-state index contributed by atoms with van der Waals surface area (Å²) in [6, 6.07) is 19.9. The van der Waals surface area contributed by atoms with Gasteiger partial charge in [0.1, 0.15) is 11.5 Å². The van der Waals surface area contributed by atoms with Crippen molar-refractivity contribution < 1.29 is 13.9 Å². The smallest absolute Gasteiger partial charge is 0.169 e. The van der Waals surface area contributed by atoms with Gasteiger partial charge in [0.2, 0.25) is 0 Å². The molecule has 0 amide bonds. The minimum Gasteiger partial charge on any atom is -0.496 e. The highest BCUT2D eigenvalue weighted by Crippen LogP contribution is 2.31. The lowest BCUT2D eigenvalue weighted by molar-refractivity contribution is 0.409. The molecule has 0 saturated heterocycles. The number of nitriles is 2. The van der Waals surface area contributed by atoms with Crippen LogP contribution in [0.1, 0.15) is 22.3 Å². The lowest BCUT2D eigenvalue weighted by Gasteiger charge is -2.26. The molecule has 0 aliphatic rings. The lowest BCUT2D eigenvalue weighted by Crippen LogP contribution is -2.22. The molecule has 6 nitrogen and oxygen atoms in total. The second kappa shape index (κ2) is 10.4. The molecule has 0 radical (unpaired) electrons. The van der Waals surface area contributed by atoms with Crippen molar-refractivity contribution >= 4 is 11.4 Å². The maximum atomic E-state index is 15.5. The Bertz CT molecular complexity index is 1140. The van der Waals surface area contributed by atoms with Gasteiger partial charge in [-0.1, -0.05) is 18.2 Å². The number of anilines is 2. The molecular weight excluding hydrogens is 419 g/mol. The van der Waals surface area contributed by atoms with Gasteiger partial charge in [-0.25, -0.2) is 4.39 Å². The maximum Gasteiger partial charge on any atom is 0.169 e. The zero-order chi connectivity index (χ0) is 24.0. The van der Waals surface area contributed by atoms with Gasteiger partial charge in [-0.05, 0) is 36.4 Å². The van der Waals surface area contributed by atoms with E-state index >= 15 is 4.39 Å². The fraction of sp³-hybridized carbons (Fsp3) is 0.231. The summed E-state index contributed by atoms with van der Waals surface area (Å²) in [5, 5.41) is 18.2. The molecule has 0 atom stereocenters. The second-order valence-electron chi connectivity index (χ2n) is 7.60. The molecule has 3 aromatic carbocycles. The first-order valence-corrected chi connectivity index (χ1v) is 10.3. The third-order valence-corrected chi connectivity index (χ3v) is 5.43. The minimum atomic E-state index is -0.345. The fourth-order valence-electron chi connectivity index (χ4n) is 3.67. The number of nitrogens with zero attached hydrogens (tertiary/aromatic N) is 4. The van der Waals surface area contributed by atoms with Crippen LogP contribution in [0.25, 0.3) is 0 Å². The molecule has 0 unspecified atom stereocenters. The van der Waals surface area contributed by atoms with Crippen molar-refractivity contribution in [3.05, 3.63) is 82.7 Å². The van der Waals surface area contributed by atoms with E-state index in [1.807, 2.05) is 32.3 Å². The van der Waals surface area contributed by atoms with Gasteiger partial charge in [-0.3, -0.25) is 0 Å². The summed E-state index contributed by atoms with van der Waals surface area (Å²) < 4.78 is 26.4. The summed E-state index contributed by atoms with van der Waals surface area (Å²) in [5.41, 5.74) is 3.59. The zero-order valence-electron chi connectivity index (χ0n) is 19.1. The van der Waals surface area contributed by atoms with E-state index in [1.54, 1.807) is 60.4 Å². The van der Waals surface area contributed by atoms with E-state index in [-0.39, 0.29) is 5.82 Å². The Morgan fingerprint density at radius 3 is 1.55 bits per heavy atom. The molecule has 3 rings (SSSR count). The van der Waals surface area contributed by atoms with Crippen molar-refractivity contribution in [2.24, 2.45) is 0 Å². The number of halogens is 1. The molecule has 0 aromatic heterocycles. The topological polar surface area (TPSA) is 72.5 Å². The Balaban J connectivity index is 1.85. The lowest BCUT2D eigenvalue weighted by atomic mass is 10.1. The standard InChI is InChI=1S/C26H25FN4O2/c1-30(16-20-10-8-18(14-28)12-24(20)32-3)22-6-5-7-23(26(22)27)31(2)17-21-11-9-19(15-29)13-25(21)33-4/h5-13H,16-17H2,1-4H3. The third-order valence-electron chi connectivity index (χ3n) is 5.43. The Morgan fingerprint density at radius 1 is 0.758 bits per heavy atom. The third kappa shape index (κ3) is 5.16. The number of hydrogen-bond donors (Lipinski definition) is 0. The average molecular weight is 445 g/mol. The Kier molecular flexibility index (Phi) is 7.38. The number of hydrogen-bond acceptors (Lipinski definition) is 6. The van der Waals surface area contributed by atoms with Crippen LogP contribution >= 0.6 is 0 Å². The van der Waals surface area contributed by atoms with E-state index in [9.17, 15) is 0 Å². The highest BCUT2D eigenvalue weighted by Gasteiger charge is 2.17. The number of rotatable bonds is 8. The van der Waals surface area contributed by atoms with Gasteiger partial charge >= 0.3 is 0 Å². The Morgan fingerprint density at radius 2 is 1.18 bits per heavy atom. The normalized spacial score (nSPS) is 10.2. The SMILES string of the molecule is COc1cc(C#N)ccc1CN(C)c1cccc(N(C)Cc2ccc(C#N)cc2OC)c1F. The number of methoxy groups -OCH3 is 2. The van der Waals surface area contributed by atoms with Crippen LogP contribution in [-0.2, 0) is 13.1 Å². The number of benzene rings is 3. The van der Waals surface area contributed by atoms with Crippen LogP contribution < -0.4 is 19.3 Å². The van der Waals surface area contributed by atoms with Gasteiger partial charge in [-0.15, -0.1) is 0 Å². The molecule has 0 saturated carbocycles. The molecule has 0 heterocycles. The van der Waals surface area contributed by atoms with E-state index in [4.69, 9.17) is 20.0 Å². The predicted octanol–water partition coefficient (Wildman–Crippen LogP) is 4.86. The van der Waals surface area contributed by atoms with Gasteiger partial charge < -0.3 is 19.3 Å². The van der Waals surface area contributed by atoms with Gasteiger partial charge in [0.25, 0.3) is 0 Å². The van der Waals surface area contributed by atoms with E-state index < -0.39 is 0 Å². The molecule has 168 valence electrons. The molecule has 0 spiro atoms. The highest BCUT2D eigenvalue weighted by atomic mass is 19.1. The maximum absolute atomic E-state index is 15.5. The van der Waals surface area contributed by atoms with Crippen LogP contribution in [0.4, 0.5) is 15.8 Å². The van der Waals surface area contributed by atoms with Crippen LogP contribution in [0.3, 0.4) is 0 Å². The van der Waals surface area contributed by atoms with Crippen LogP contribution in [0.15, 0.2) is 54.6 Å². The quantitative estimate of drug-likeness (QED) is 0.494. The largest absolute Gasteiger partial charge is 0.496 e. The average Bonchev–Trinajstić information content (AvgIpc) is 2.84. The summed E-state index contributed by atoms with van der Waals surface area (Å²) in [6.45, 7) is 0.810. The molecule has 0 bridgehead atoms. The fourth-order valence-corrected chi connectivity index (χ4v) is 3.67. The van der Waals surface area contributed by atoms with Crippen LogP contribution in [0.2, 0.25) is 0 Å². The predicted molar refractivity (Wildman–Crippen MR) is 126 cm³/mol. The monoisotopic (exact) mass is 444 g/mol. The summed E-state index contributed by atoms with van der Waals surface area (Å²) in [5.74, 6) is 0.827. The summed E-state index contributed by atoms with van der Waals surface area (Å²) >= 11 is 0. The Labute approximate surface area is 193 Å². The molecule has 0 fully saturated rings. The van der Waals surface area contributed by atoms with Gasteiger partial charge in [0, 0.05) is 38.3 Å². The van der Waals surface area contributed by atoms with Gasteiger partial charge in [0.05, 0.1) is 48.9 Å². The van der Waals surface area contributed by atoms with Crippen molar-refractivity contribution in [1.82, 2.24) is 0 Å². The first-order valence-electron chi connectivity index (χ1n) is 10.3. The zero-order valence-corrected chi connectivity index (χ0v) is 19.1. The molecular formula is C26H25FN4O2. The molecule has 33 heavy (non-hydrogen) atoms. The second-order valence-corrected chi connectivity index (χ2v) is 7.60. The van der Waals surface area contributed by atoms with Crippen LogP contribution in [-0.4, -0.2) is 28.3 Å². The summed E-state index contributed by atoms with van der Waals surface area (Å²) in [6.07, 6.45) is 0. The molecule has 7 heteroatoms. The van der Waals surface area contributed by atoms with Crippen LogP contribution in [0, 0.1) is 28.5 Å². The highest BCUT2D eigenvalue weighted by molar-refractivity contribution is 5.62. The first kappa shape index (κ1) is 23.4. The van der Waals surface area contributed by atoms with Gasteiger partial charge in [-0.2, -0.15) is 10.5 Å². The van der Waals surface area contributed by atoms with Crippen molar-refractivity contribution in [3.8, 4) is 23.6 Å². The summed E-state index contributed by atoms with van der Waals surface area (Å²) in [7, 11) is 6.72. The molecule has 0 aliphatic heterocycles. The van der Waals surface area contributed by atoms with E-state index in [0.29, 0.717) is 47.1 Å². The summed E-state index contributed by atoms with van der Waals surface area (Å²) in [4.78, 5) is 3.61.